The van der Waals surface area contributed by atoms with E-state index < -0.39 is 6.10 Å². The molecule has 2 N–H and O–H groups in total. The van der Waals surface area contributed by atoms with Gasteiger partial charge in [0.2, 0.25) is 5.91 Å². The zero-order valence-electron chi connectivity index (χ0n) is 22.1. The summed E-state index contributed by atoms with van der Waals surface area (Å²) in [6.45, 7) is 14.4. The molecule has 1 saturated carbocycles. The van der Waals surface area contributed by atoms with E-state index >= 15 is 0 Å². The fourth-order valence-corrected chi connectivity index (χ4v) is 4.94. The second kappa shape index (κ2) is 13.3. The number of rotatable bonds is 12. The van der Waals surface area contributed by atoms with Crippen LogP contribution in [-0.2, 0) is 4.79 Å². The summed E-state index contributed by atoms with van der Waals surface area (Å²) in [5, 5.41) is 13.7. The Morgan fingerprint density at radius 1 is 1.31 bits per heavy atom. The zero-order valence-corrected chi connectivity index (χ0v) is 22.9. The first-order valence-corrected chi connectivity index (χ1v) is 13.5. The molecule has 1 aliphatic carbocycles. The van der Waals surface area contributed by atoms with Gasteiger partial charge in [0.1, 0.15) is 18.5 Å². The largest absolute Gasteiger partial charge is 0.491 e. The minimum absolute atomic E-state index is 0.128. The van der Waals surface area contributed by atoms with E-state index in [9.17, 15) is 9.90 Å². The van der Waals surface area contributed by atoms with Crippen LogP contribution in [0.2, 0.25) is 0 Å². The smallest absolute Gasteiger partial charge is 0.226 e. The van der Waals surface area contributed by atoms with Crippen LogP contribution in [0.15, 0.2) is 70.3 Å². The molecule has 6 heteroatoms. The zero-order chi connectivity index (χ0) is 26.2. The molecule has 5 nitrogen and oxygen atoms in total. The van der Waals surface area contributed by atoms with E-state index in [1.807, 2.05) is 32.1 Å². The Hall–Kier alpha value is -2.34. The van der Waals surface area contributed by atoms with Gasteiger partial charge in [-0.25, -0.2) is 0 Å². The van der Waals surface area contributed by atoms with Gasteiger partial charge in [-0.3, -0.25) is 4.79 Å². The normalized spacial score (nSPS) is 19.9. The lowest BCUT2D eigenvalue weighted by Gasteiger charge is -2.40. The standard InChI is InChI=1S/C30H41ClN2O3/c1-6-20(4)28(17-21(5)31)27-15-16-33(30(35)23-9-10-23)29(26(27)7-2)22-11-13-25(14-12-22)36-19-24(34)18-32-8-3/h6,11-14,17,23-24,29,32,34H,5,7-10,15-16,18-19H2,1-4H3/b20-6?,28-17+. The molecule has 3 rings (SSSR count). The third-order valence-corrected chi connectivity index (χ3v) is 7.08. The molecule has 36 heavy (non-hydrogen) atoms. The fourth-order valence-electron chi connectivity index (χ4n) is 4.83. The molecule has 0 radical (unpaired) electrons. The summed E-state index contributed by atoms with van der Waals surface area (Å²) in [6.07, 6.45) is 7.07. The van der Waals surface area contributed by atoms with E-state index in [-0.39, 0.29) is 24.5 Å². The summed E-state index contributed by atoms with van der Waals surface area (Å²) < 4.78 is 5.81. The maximum Gasteiger partial charge on any atom is 0.226 e. The number of carbonyl (C=O) groups excluding carboxylic acids is 1. The number of halogens is 1. The molecular formula is C30H41ClN2O3. The highest BCUT2D eigenvalue weighted by Crippen LogP contribution is 2.44. The van der Waals surface area contributed by atoms with Crippen LogP contribution >= 0.6 is 11.6 Å². The van der Waals surface area contributed by atoms with Gasteiger partial charge in [0.05, 0.1) is 6.04 Å². The summed E-state index contributed by atoms with van der Waals surface area (Å²) in [4.78, 5) is 15.4. The van der Waals surface area contributed by atoms with E-state index in [1.165, 1.54) is 11.1 Å². The Labute approximate surface area is 221 Å². The van der Waals surface area contributed by atoms with Gasteiger partial charge < -0.3 is 20.1 Å². The van der Waals surface area contributed by atoms with Crippen LogP contribution in [0.4, 0.5) is 0 Å². The van der Waals surface area contributed by atoms with Crippen molar-refractivity contribution in [2.24, 2.45) is 5.92 Å². The molecule has 0 bridgehead atoms. The lowest BCUT2D eigenvalue weighted by atomic mass is 9.81. The van der Waals surface area contributed by atoms with Gasteiger partial charge in [-0.15, -0.1) is 0 Å². The molecule has 2 atom stereocenters. The molecule has 1 heterocycles. The van der Waals surface area contributed by atoms with Gasteiger partial charge in [-0.05, 0) is 92.1 Å². The second-order valence-corrected chi connectivity index (χ2v) is 10.1. The minimum Gasteiger partial charge on any atom is -0.491 e. The first kappa shape index (κ1) is 28.2. The summed E-state index contributed by atoms with van der Waals surface area (Å²) >= 11 is 6.24. The number of nitrogens with zero attached hydrogens (tertiary/aromatic N) is 1. The predicted octanol–water partition coefficient (Wildman–Crippen LogP) is 6.07. The van der Waals surface area contributed by atoms with Crippen molar-refractivity contribution in [3.8, 4) is 5.75 Å². The molecular weight excluding hydrogens is 472 g/mol. The lowest BCUT2D eigenvalue weighted by Crippen LogP contribution is -2.41. The number of allylic oxidation sites excluding steroid dienone is 5. The summed E-state index contributed by atoms with van der Waals surface area (Å²) in [5.74, 6) is 1.12. The number of aliphatic hydroxyl groups is 1. The van der Waals surface area contributed by atoms with E-state index in [0.29, 0.717) is 23.9 Å². The third kappa shape index (κ3) is 7.12. The SMILES string of the molecule is C=C(Cl)/C=C(\C(C)=CC)C1=C(CC)C(c2ccc(OCC(O)CNCC)cc2)N(C(=O)C2CC2)CC1. The van der Waals surface area contributed by atoms with Gasteiger partial charge >= 0.3 is 0 Å². The van der Waals surface area contributed by atoms with E-state index in [1.54, 1.807) is 0 Å². The van der Waals surface area contributed by atoms with Crippen molar-refractivity contribution < 1.29 is 14.6 Å². The number of nitrogens with one attached hydrogen (secondary N) is 1. The van der Waals surface area contributed by atoms with Crippen molar-refractivity contribution in [1.29, 1.82) is 0 Å². The van der Waals surface area contributed by atoms with Gasteiger partial charge in [0.25, 0.3) is 0 Å². The van der Waals surface area contributed by atoms with Crippen molar-refractivity contribution in [2.45, 2.75) is 65.5 Å². The topological polar surface area (TPSA) is 61.8 Å². The molecule has 196 valence electrons. The van der Waals surface area contributed by atoms with Crippen LogP contribution in [0.25, 0.3) is 0 Å². The average Bonchev–Trinajstić information content (AvgIpc) is 3.73. The number of hydrogen-bond acceptors (Lipinski definition) is 4. The third-order valence-electron chi connectivity index (χ3n) is 6.97. The molecule has 1 aliphatic heterocycles. The van der Waals surface area contributed by atoms with Crippen molar-refractivity contribution in [3.05, 3.63) is 75.9 Å². The Bertz CT molecular complexity index is 1020. The highest BCUT2D eigenvalue weighted by atomic mass is 35.5. The number of aliphatic hydroxyl groups excluding tert-OH is 1. The van der Waals surface area contributed by atoms with Gasteiger partial charge in [0.15, 0.2) is 0 Å². The fraction of sp³-hybridized carbons (Fsp3) is 0.500. The van der Waals surface area contributed by atoms with Crippen LogP contribution in [-0.4, -0.2) is 48.3 Å². The van der Waals surface area contributed by atoms with Gasteiger partial charge in [-0.1, -0.05) is 50.2 Å². The molecule has 2 unspecified atom stereocenters. The first-order valence-electron chi connectivity index (χ1n) is 13.1. The van der Waals surface area contributed by atoms with E-state index in [2.05, 4.69) is 48.9 Å². The molecule has 1 aromatic carbocycles. The predicted molar refractivity (Wildman–Crippen MR) is 148 cm³/mol. The number of carbonyl (C=O) groups is 1. The average molecular weight is 513 g/mol. The molecule has 0 aromatic heterocycles. The monoisotopic (exact) mass is 512 g/mol. The quantitative estimate of drug-likeness (QED) is 0.334. The Balaban J connectivity index is 1.97. The number of likely N-dealkylation sites (N-methyl/N-ethyl adjacent to an activating group) is 1. The number of hydrogen-bond donors (Lipinski definition) is 2. The van der Waals surface area contributed by atoms with E-state index in [4.69, 9.17) is 16.3 Å². The molecule has 1 aromatic rings. The van der Waals surface area contributed by atoms with Crippen molar-refractivity contribution in [2.75, 3.05) is 26.2 Å². The Kier molecular flexibility index (Phi) is 10.4. The summed E-state index contributed by atoms with van der Waals surface area (Å²) in [6, 6.07) is 7.84. The van der Waals surface area contributed by atoms with Gasteiger partial charge in [0, 0.05) is 24.0 Å². The van der Waals surface area contributed by atoms with Crippen molar-refractivity contribution in [3.63, 3.8) is 0 Å². The Morgan fingerprint density at radius 2 is 2.00 bits per heavy atom. The van der Waals surface area contributed by atoms with E-state index in [0.717, 1.165) is 48.9 Å². The van der Waals surface area contributed by atoms with Crippen molar-refractivity contribution in [1.82, 2.24) is 10.2 Å². The summed E-state index contributed by atoms with van der Waals surface area (Å²) in [7, 11) is 0. The molecule has 0 saturated heterocycles. The molecule has 1 fully saturated rings. The minimum atomic E-state index is -0.566. The highest BCUT2D eigenvalue weighted by molar-refractivity contribution is 6.31. The summed E-state index contributed by atoms with van der Waals surface area (Å²) in [5.41, 5.74) is 5.83. The van der Waals surface area contributed by atoms with Gasteiger partial charge in [-0.2, -0.15) is 0 Å². The van der Waals surface area contributed by atoms with Crippen LogP contribution < -0.4 is 10.1 Å². The molecule has 0 spiro atoms. The second-order valence-electron chi connectivity index (χ2n) is 9.63. The molecule has 2 aliphatic rings. The number of ether oxygens (including phenoxy) is 1. The molecule has 1 amide bonds. The lowest BCUT2D eigenvalue weighted by molar-refractivity contribution is -0.134. The Morgan fingerprint density at radius 3 is 2.56 bits per heavy atom. The first-order chi connectivity index (χ1) is 17.3. The maximum absolute atomic E-state index is 13.4. The number of amides is 1. The highest BCUT2D eigenvalue weighted by Gasteiger charge is 2.40. The van der Waals surface area contributed by atoms with Crippen LogP contribution in [0.5, 0.6) is 5.75 Å². The number of benzene rings is 1. The van der Waals surface area contributed by atoms with Crippen LogP contribution in [0.3, 0.4) is 0 Å². The van der Waals surface area contributed by atoms with Crippen LogP contribution in [0.1, 0.15) is 65.0 Å². The van der Waals surface area contributed by atoms with Crippen LogP contribution in [0, 0.1) is 5.92 Å². The van der Waals surface area contributed by atoms with Crippen molar-refractivity contribution >= 4 is 17.5 Å². The maximum atomic E-state index is 13.4.